The van der Waals surface area contributed by atoms with Gasteiger partial charge in [0.15, 0.2) is 5.69 Å². The first kappa shape index (κ1) is 18.3. The van der Waals surface area contributed by atoms with Crippen LogP contribution in [0.2, 0.25) is 0 Å². The maximum absolute atomic E-state index is 13.3. The summed E-state index contributed by atoms with van der Waals surface area (Å²) < 4.78 is 20.2. The maximum Gasteiger partial charge on any atom is 0.336 e. The zero-order valence-corrected chi connectivity index (χ0v) is 16.0. The molecular weight excluding hydrogens is 385 g/mol. The quantitative estimate of drug-likeness (QED) is 0.519. The molecule has 0 saturated carbocycles. The molecule has 0 bridgehead atoms. The molecular formula is C23H18FN3O3. The number of hydrogen-bond acceptors (Lipinski definition) is 4. The SMILES string of the molecule is O=C(Nc1ccc2oc(=O)ccc2c1)c1nn(-c2ccc(F)cc2)c2c1CCCC2. The number of carbonyl (C=O) groups is 1. The molecule has 0 radical (unpaired) electrons. The van der Waals surface area contributed by atoms with Crippen LogP contribution in [-0.2, 0) is 12.8 Å². The van der Waals surface area contributed by atoms with Crippen LogP contribution in [-0.4, -0.2) is 15.7 Å². The van der Waals surface area contributed by atoms with Gasteiger partial charge in [0.05, 0.1) is 5.69 Å². The van der Waals surface area contributed by atoms with Gasteiger partial charge in [0, 0.05) is 28.4 Å². The molecule has 2 heterocycles. The molecule has 0 saturated heterocycles. The predicted molar refractivity (Wildman–Crippen MR) is 111 cm³/mol. The topological polar surface area (TPSA) is 77.1 Å². The Bertz CT molecular complexity index is 1320. The van der Waals surface area contributed by atoms with Crippen LogP contribution in [0.5, 0.6) is 0 Å². The largest absolute Gasteiger partial charge is 0.423 e. The van der Waals surface area contributed by atoms with Gasteiger partial charge in [-0.3, -0.25) is 4.79 Å². The molecule has 2 aromatic carbocycles. The second-order valence-corrected chi connectivity index (χ2v) is 7.33. The Hall–Kier alpha value is -3.74. The van der Waals surface area contributed by atoms with Crippen molar-refractivity contribution < 1.29 is 13.6 Å². The van der Waals surface area contributed by atoms with E-state index in [0.29, 0.717) is 22.4 Å². The number of aromatic nitrogens is 2. The zero-order chi connectivity index (χ0) is 20.7. The molecule has 30 heavy (non-hydrogen) atoms. The van der Waals surface area contributed by atoms with Crippen LogP contribution < -0.4 is 10.9 Å². The molecule has 4 aromatic rings. The standard InChI is InChI=1S/C23H18FN3O3/c24-15-6-9-17(10-7-15)27-19-4-2-1-3-18(19)22(26-27)23(29)25-16-8-11-20-14(13-16)5-12-21(28)30-20/h5-13H,1-4H2,(H,25,29). The van der Waals surface area contributed by atoms with Crippen molar-refractivity contribution in [3.05, 3.63) is 87.8 Å². The van der Waals surface area contributed by atoms with E-state index in [9.17, 15) is 14.0 Å². The van der Waals surface area contributed by atoms with E-state index in [-0.39, 0.29) is 11.7 Å². The maximum atomic E-state index is 13.3. The van der Waals surface area contributed by atoms with Crippen LogP contribution in [0.15, 0.2) is 63.8 Å². The molecule has 5 rings (SSSR count). The van der Waals surface area contributed by atoms with Crippen molar-refractivity contribution in [2.75, 3.05) is 5.32 Å². The van der Waals surface area contributed by atoms with Gasteiger partial charge in [-0.1, -0.05) is 0 Å². The summed E-state index contributed by atoms with van der Waals surface area (Å²) in [7, 11) is 0. The van der Waals surface area contributed by atoms with Crippen molar-refractivity contribution in [1.29, 1.82) is 0 Å². The summed E-state index contributed by atoms with van der Waals surface area (Å²) >= 11 is 0. The van der Waals surface area contributed by atoms with E-state index >= 15 is 0 Å². The summed E-state index contributed by atoms with van der Waals surface area (Å²) in [5.41, 5.74) is 3.68. The number of benzene rings is 2. The van der Waals surface area contributed by atoms with Crippen LogP contribution >= 0.6 is 0 Å². The lowest BCUT2D eigenvalue weighted by Gasteiger charge is -2.14. The van der Waals surface area contributed by atoms with Crippen molar-refractivity contribution >= 4 is 22.6 Å². The van der Waals surface area contributed by atoms with Gasteiger partial charge in [-0.05, 0) is 74.2 Å². The molecule has 0 atom stereocenters. The summed E-state index contributed by atoms with van der Waals surface area (Å²) in [4.78, 5) is 24.4. The van der Waals surface area contributed by atoms with Gasteiger partial charge in [0.2, 0.25) is 0 Å². The predicted octanol–water partition coefficient (Wildman–Crippen LogP) is 4.25. The van der Waals surface area contributed by atoms with Crippen LogP contribution in [0, 0.1) is 5.82 Å². The molecule has 2 aromatic heterocycles. The van der Waals surface area contributed by atoms with E-state index in [1.54, 1.807) is 41.1 Å². The number of carbonyl (C=O) groups excluding carboxylic acids is 1. The molecule has 0 aliphatic heterocycles. The lowest BCUT2D eigenvalue weighted by molar-refractivity contribution is 0.102. The lowest BCUT2D eigenvalue weighted by Crippen LogP contribution is -2.15. The molecule has 1 N–H and O–H groups in total. The highest BCUT2D eigenvalue weighted by Gasteiger charge is 2.25. The highest BCUT2D eigenvalue weighted by molar-refractivity contribution is 6.05. The molecule has 0 spiro atoms. The van der Waals surface area contributed by atoms with Crippen LogP contribution in [0.4, 0.5) is 10.1 Å². The third kappa shape index (κ3) is 3.28. The molecule has 1 amide bonds. The van der Waals surface area contributed by atoms with Crippen molar-refractivity contribution in [3.63, 3.8) is 0 Å². The average molecular weight is 403 g/mol. The Morgan fingerprint density at radius 1 is 1.03 bits per heavy atom. The fourth-order valence-corrected chi connectivity index (χ4v) is 3.92. The highest BCUT2D eigenvalue weighted by Crippen LogP contribution is 2.28. The minimum atomic E-state index is -0.419. The Morgan fingerprint density at radius 3 is 2.67 bits per heavy atom. The third-order valence-corrected chi connectivity index (χ3v) is 5.34. The van der Waals surface area contributed by atoms with Gasteiger partial charge in [0.25, 0.3) is 5.91 Å². The summed E-state index contributed by atoms with van der Waals surface area (Å²) in [5, 5.41) is 8.19. The summed E-state index contributed by atoms with van der Waals surface area (Å²) in [6.07, 6.45) is 3.62. The van der Waals surface area contributed by atoms with Gasteiger partial charge in [-0.2, -0.15) is 5.10 Å². The minimum absolute atomic E-state index is 0.300. The van der Waals surface area contributed by atoms with Crippen LogP contribution in [0.3, 0.4) is 0 Å². The van der Waals surface area contributed by atoms with Crippen molar-refractivity contribution in [2.45, 2.75) is 25.7 Å². The Balaban J connectivity index is 1.50. The van der Waals surface area contributed by atoms with Crippen molar-refractivity contribution in [1.82, 2.24) is 9.78 Å². The number of nitrogens with one attached hydrogen (secondary N) is 1. The van der Waals surface area contributed by atoms with Gasteiger partial charge >= 0.3 is 5.63 Å². The van der Waals surface area contributed by atoms with Crippen LogP contribution in [0.1, 0.15) is 34.6 Å². The fourth-order valence-electron chi connectivity index (χ4n) is 3.92. The van der Waals surface area contributed by atoms with E-state index in [4.69, 9.17) is 4.42 Å². The summed E-state index contributed by atoms with van der Waals surface area (Å²) in [6.45, 7) is 0. The van der Waals surface area contributed by atoms with E-state index in [0.717, 1.165) is 42.6 Å². The lowest BCUT2D eigenvalue weighted by atomic mass is 9.95. The second-order valence-electron chi connectivity index (χ2n) is 7.33. The van der Waals surface area contributed by atoms with Gasteiger partial charge in [-0.15, -0.1) is 0 Å². The average Bonchev–Trinajstić information content (AvgIpc) is 3.14. The van der Waals surface area contributed by atoms with E-state index in [1.165, 1.54) is 18.2 Å². The molecule has 7 heteroatoms. The van der Waals surface area contributed by atoms with E-state index in [1.807, 2.05) is 0 Å². The Labute approximate surface area is 170 Å². The van der Waals surface area contributed by atoms with E-state index < -0.39 is 5.63 Å². The number of nitrogens with zero attached hydrogens (tertiary/aromatic N) is 2. The number of amides is 1. The molecule has 0 unspecified atom stereocenters. The molecule has 150 valence electrons. The van der Waals surface area contributed by atoms with Gasteiger partial charge < -0.3 is 9.73 Å². The first-order chi connectivity index (χ1) is 14.6. The van der Waals surface area contributed by atoms with Crippen LogP contribution in [0.25, 0.3) is 16.7 Å². The first-order valence-corrected chi connectivity index (χ1v) is 9.80. The molecule has 6 nitrogen and oxygen atoms in total. The number of hydrogen-bond donors (Lipinski definition) is 1. The minimum Gasteiger partial charge on any atom is -0.423 e. The fraction of sp³-hybridized carbons (Fsp3) is 0.174. The number of anilines is 1. The Kier molecular flexibility index (Phi) is 4.43. The molecule has 1 aliphatic rings. The zero-order valence-electron chi connectivity index (χ0n) is 16.0. The Morgan fingerprint density at radius 2 is 1.83 bits per heavy atom. The number of halogens is 1. The van der Waals surface area contributed by atoms with E-state index in [2.05, 4.69) is 10.4 Å². The third-order valence-electron chi connectivity index (χ3n) is 5.34. The smallest absolute Gasteiger partial charge is 0.336 e. The summed E-state index contributed by atoms with van der Waals surface area (Å²) in [5.74, 6) is -0.615. The van der Waals surface area contributed by atoms with Crippen molar-refractivity contribution in [2.24, 2.45) is 0 Å². The highest BCUT2D eigenvalue weighted by atomic mass is 19.1. The van der Waals surface area contributed by atoms with Gasteiger partial charge in [0.1, 0.15) is 11.4 Å². The van der Waals surface area contributed by atoms with Gasteiger partial charge in [-0.25, -0.2) is 13.9 Å². The normalized spacial score (nSPS) is 13.2. The summed E-state index contributed by atoms with van der Waals surface area (Å²) in [6, 6.07) is 14.2. The second kappa shape index (κ2) is 7.26. The van der Waals surface area contributed by atoms with Crippen molar-refractivity contribution in [3.8, 4) is 5.69 Å². The number of fused-ring (bicyclic) bond motifs is 2. The first-order valence-electron chi connectivity index (χ1n) is 9.80. The monoisotopic (exact) mass is 403 g/mol. The number of rotatable bonds is 3. The molecule has 1 aliphatic carbocycles. The molecule has 0 fully saturated rings.